The van der Waals surface area contributed by atoms with Crippen molar-refractivity contribution >= 4 is 43.7 Å². The van der Waals surface area contributed by atoms with Crippen LogP contribution in [0.4, 0.5) is 0 Å². The van der Waals surface area contributed by atoms with Crippen LogP contribution in [0.25, 0.3) is 100 Å². The van der Waals surface area contributed by atoms with Crippen LogP contribution in [0.3, 0.4) is 0 Å². The molecule has 4 heterocycles. The number of rotatable bonds is 5. The summed E-state index contributed by atoms with van der Waals surface area (Å²) in [6.07, 6.45) is 1.82. The van der Waals surface area contributed by atoms with Crippen molar-refractivity contribution in [3.8, 4) is 56.3 Å². The quantitative estimate of drug-likeness (QED) is 0.173. The first kappa shape index (κ1) is 29.0. The maximum absolute atomic E-state index is 6.06. The topological polar surface area (TPSA) is 64.7 Å². The summed E-state index contributed by atoms with van der Waals surface area (Å²) in [5, 5.41) is 4.38. The second kappa shape index (κ2) is 11.9. The van der Waals surface area contributed by atoms with E-state index in [0.29, 0.717) is 5.82 Å². The Labute approximate surface area is 293 Å². The third-order valence-electron chi connectivity index (χ3n) is 9.54. The first-order valence-corrected chi connectivity index (χ1v) is 17.0. The maximum atomic E-state index is 6.06. The molecular weight excluding hydrogens is 625 g/mol. The predicted octanol–water partition coefficient (Wildman–Crippen LogP) is 11.8. The Balaban J connectivity index is 1.05. The molecule has 0 bridgehead atoms. The summed E-state index contributed by atoms with van der Waals surface area (Å²) in [5.74, 6) is 0.677. The van der Waals surface area contributed by atoms with Crippen LogP contribution in [0, 0.1) is 0 Å². The monoisotopic (exact) mass is 652 g/mol. The largest absolute Gasteiger partial charge is 0.456 e. The minimum atomic E-state index is 0.677. The maximum Gasteiger partial charge on any atom is 0.160 e. The van der Waals surface area contributed by atoms with E-state index in [1.165, 1.54) is 0 Å². The van der Waals surface area contributed by atoms with Gasteiger partial charge in [-0.25, -0.2) is 15.0 Å². The van der Waals surface area contributed by atoms with Gasteiger partial charge in [0.15, 0.2) is 5.82 Å². The van der Waals surface area contributed by atoms with Crippen LogP contribution >= 0.6 is 0 Å². The summed E-state index contributed by atoms with van der Waals surface area (Å²) in [7, 11) is 0. The molecule has 0 atom stereocenters. The Bertz CT molecular complexity index is 2910. The second-order valence-corrected chi connectivity index (χ2v) is 12.7. The summed E-state index contributed by atoms with van der Waals surface area (Å²) in [6, 6.07) is 56.2. The number of hydrogen-bond acceptors (Lipinski definition) is 5. The molecule has 0 N–H and O–H groups in total. The Hall–Kier alpha value is -6.98. The molecule has 5 nitrogen and oxygen atoms in total. The zero-order valence-corrected chi connectivity index (χ0v) is 27.4. The van der Waals surface area contributed by atoms with Gasteiger partial charge in [0.2, 0.25) is 0 Å². The Morgan fingerprint density at radius 2 is 1.02 bits per heavy atom. The van der Waals surface area contributed by atoms with Gasteiger partial charge in [-0.3, -0.25) is 4.98 Å². The molecule has 10 aromatic rings. The second-order valence-electron chi connectivity index (χ2n) is 12.7. The lowest BCUT2D eigenvalue weighted by molar-refractivity contribution is 0.669. The van der Waals surface area contributed by atoms with Crippen molar-refractivity contribution in [2.45, 2.75) is 0 Å². The highest BCUT2D eigenvalue weighted by atomic mass is 16.3. The number of pyridine rings is 2. The molecule has 51 heavy (non-hydrogen) atoms. The van der Waals surface area contributed by atoms with Gasteiger partial charge in [-0.15, -0.1) is 0 Å². The van der Waals surface area contributed by atoms with Gasteiger partial charge >= 0.3 is 0 Å². The summed E-state index contributed by atoms with van der Waals surface area (Å²) in [5.41, 5.74) is 12.4. The lowest BCUT2D eigenvalue weighted by atomic mass is 9.99. The molecule has 238 valence electrons. The van der Waals surface area contributed by atoms with E-state index in [-0.39, 0.29) is 0 Å². The molecule has 4 aromatic heterocycles. The van der Waals surface area contributed by atoms with Crippen LogP contribution in [-0.2, 0) is 0 Å². The molecule has 0 fully saturated rings. The van der Waals surface area contributed by atoms with E-state index < -0.39 is 0 Å². The molecule has 0 saturated heterocycles. The highest BCUT2D eigenvalue weighted by Gasteiger charge is 2.14. The Morgan fingerprint density at radius 1 is 0.353 bits per heavy atom. The fourth-order valence-electron chi connectivity index (χ4n) is 6.92. The average molecular weight is 653 g/mol. The molecule has 0 spiro atoms. The van der Waals surface area contributed by atoms with Gasteiger partial charge in [-0.2, -0.15) is 0 Å². The van der Waals surface area contributed by atoms with Crippen molar-refractivity contribution in [1.29, 1.82) is 0 Å². The Morgan fingerprint density at radius 3 is 1.88 bits per heavy atom. The van der Waals surface area contributed by atoms with E-state index in [9.17, 15) is 0 Å². The van der Waals surface area contributed by atoms with Gasteiger partial charge in [0.05, 0.1) is 28.1 Å². The highest BCUT2D eigenvalue weighted by Crippen LogP contribution is 2.35. The Kier molecular flexibility index (Phi) is 6.74. The average Bonchev–Trinajstić information content (AvgIpc) is 3.59. The standard InChI is InChI=1S/C46H28N4O/c1-2-8-33(9-3-1)46-49-40(30-17-15-29(16-18-30)34-22-24-43-38(27-34)37-13-4-5-14-42(37)51-43)28-41(50-46)36-11-6-10-35(26-36)39-23-21-32-20-19-31-12-7-25-47-44(31)45(32)48-39/h1-28H. The van der Waals surface area contributed by atoms with E-state index in [1.54, 1.807) is 0 Å². The third-order valence-corrected chi connectivity index (χ3v) is 9.54. The molecule has 0 unspecified atom stereocenters. The van der Waals surface area contributed by atoms with Crippen molar-refractivity contribution in [3.63, 3.8) is 0 Å². The van der Waals surface area contributed by atoms with E-state index in [2.05, 4.69) is 126 Å². The lowest BCUT2D eigenvalue weighted by Gasteiger charge is -2.11. The molecule has 0 saturated carbocycles. The van der Waals surface area contributed by atoms with Crippen LogP contribution in [0.2, 0.25) is 0 Å². The zero-order valence-electron chi connectivity index (χ0n) is 27.4. The van der Waals surface area contributed by atoms with Crippen molar-refractivity contribution in [2.75, 3.05) is 0 Å². The van der Waals surface area contributed by atoms with Crippen LogP contribution < -0.4 is 0 Å². The fourth-order valence-corrected chi connectivity index (χ4v) is 6.92. The number of para-hydroxylation sites is 1. The zero-order chi connectivity index (χ0) is 33.7. The minimum Gasteiger partial charge on any atom is -0.456 e. The van der Waals surface area contributed by atoms with E-state index >= 15 is 0 Å². The van der Waals surface area contributed by atoms with Crippen molar-refractivity contribution in [3.05, 3.63) is 170 Å². The van der Waals surface area contributed by atoms with Crippen molar-refractivity contribution in [1.82, 2.24) is 19.9 Å². The molecule has 0 aliphatic carbocycles. The van der Waals surface area contributed by atoms with E-state index in [0.717, 1.165) is 94.2 Å². The number of benzene rings is 6. The highest BCUT2D eigenvalue weighted by molar-refractivity contribution is 6.06. The van der Waals surface area contributed by atoms with Crippen molar-refractivity contribution in [2.24, 2.45) is 0 Å². The molecule has 0 aliphatic heterocycles. The molecule has 5 heteroatoms. The number of hydrogen-bond donors (Lipinski definition) is 0. The van der Waals surface area contributed by atoms with Crippen LogP contribution in [0.5, 0.6) is 0 Å². The van der Waals surface area contributed by atoms with Crippen LogP contribution in [-0.4, -0.2) is 19.9 Å². The summed E-state index contributed by atoms with van der Waals surface area (Å²) >= 11 is 0. The number of nitrogens with zero attached hydrogens (tertiary/aromatic N) is 4. The SMILES string of the molecule is c1ccc(-c2nc(-c3ccc(-c4ccc5oc6ccccc6c5c4)cc3)cc(-c3cccc(-c4ccc5ccc6cccnc6c5n4)c3)n2)cc1. The first-order chi connectivity index (χ1) is 25.2. The minimum absolute atomic E-state index is 0.677. The van der Waals surface area contributed by atoms with Gasteiger partial charge < -0.3 is 4.42 Å². The predicted molar refractivity (Wildman–Crippen MR) is 207 cm³/mol. The van der Waals surface area contributed by atoms with E-state index in [4.69, 9.17) is 19.4 Å². The normalized spacial score (nSPS) is 11.5. The van der Waals surface area contributed by atoms with Gasteiger partial charge in [-0.1, -0.05) is 121 Å². The number of fused-ring (bicyclic) bond motifs is 6. The molecule has 6 aromatic carbocycles. The number of furan rings is 1. The molecular formula is C46H28N4O. The molecule has 0 radical (unpaired) electrons. The van der Waals surface area contributed by atoms with Gasteiger partial charge in [0, 0.05) is 50.0 Å². The van der Waals surface area contributed by atoms with E-state index in [1.807, 2.05) is 48.7 Å². The smallest absolute Gasteiger partial charge is 0.160 e. The summed E-state index contributed by atoms with van der Waals surface area (Å²) < 4.78 is 6.06. The van der Waals surface area contributed by atoms with Gasteiger partial charge in [0.1, 0.15) is 11.2 Å². The summed E-state index contributed by atoms with van der Waals surface area (Å²) in [4.78, 5) is 19.9. The number of aromatic nitrogens is 4. The molecule has 0 aliphatic rings. The molecule has 10 rings (SSSR count). The fraction of sp³-hybridized carbons (Fsp3) is 0. The van der Waals surface area contributed by atoms with Crippen molar-refractivity contribution < 1.29 is 4.42 Å². The van der Waals surface area contributed by atoms with Crippen LogP contribution in [0.1, 0.15) is 0 Å². The summed E-state index contributed by atoms with van der Waals surface area (Å²) in [6.45, 7) is 0. The lowest BCUT2D eigenvalue weighted by Crippen LogP contribution is -1.96. The third kappa shape index (κ3) is 5.20. The first-order valence-electron chi connectivity index (χ1n) is 17.0. The van der Waals surface area contributed by atoms with Gasteiger partial charge in [0.25, 0.3) is 0 Å². The van der Waals surface area contributed by atoms with Gasteiger partial charge in [-0.05, 0) is 53.6 Å². The van der Waals surface area contributed by atoms with Crippen LogP contribution in [0.15, 0.2) is 174 Å². The molecule has 0 amide bonds.